The number of alkyl halides is 3. The van der Waals surface area contributed by atoms with Crippen LogP contribution in [0.25, 0.3) is 5.82 Å². The molecule has 3 rings (SSSR count). The third-order valence-electron chi connectivity index (χ3n) is 3.81. The fourth-order valence-corrected chi connectivity index (χ4v) is 2.50. The second kappa shape index (κ2) is 7.40. The first-order valence-corrected chi connectivity index (χ1v) is 8.24. The van der Waals surface area contributed by atoms with Crippen LogP contribution in [0.3, 0.4) is 0 Å². The molecule has 2 aromatic heterocycles. The lowest BCUT2D eigenvalue weighted by Crippen LogP contribution is -2.23. The summed E-state index contributed by atoms with van der Waals surface area (Å²) in [4.78, 5) is 16.0. The van der Waals surface area contributed by atoms with E-state index in [1.54, 1.807) is 0 Å². The van der Waals surface area contributed by atoms with E-state index in [0.717, 1.165) is 27.9 Å². The number of nitrogens with zero attached hydrogens (tertiary/aromatic N) is 3. The molecular weight excluding hydrogens is 381 g/mol. The Bertz CT molecular complexity index is 999. The van der Waals surface area contributed by atoms with Crippen molar-refractivity contribution in [1.29, 1.82) is 0 Å². The van der Waals surface area contributed by atoms with Crippen molar-refractivity contribution < 1.29 is 13.2 Å². The van der Waals surface area contributed by atoms with Crippen LogP contribution in [0.5, 0.6) is 0 Å². The van der Waals surface area contributed by atoms with Gasteiger partial charge in [-0.25, -0.2) is 4.98 Å². The summed E-state index contributed by atoms with van der Waals surface area (Å²) in [5, 5.41) is 6.84. The van der Waals surface area contributed by atoms with Crippen LogP contribution < -0.4 is 10.9 Å². The number of halogens is 4. The molecule has 0 atom stereocenters. The van der Waals surface area contributed by atoms with Crippen LogP contribution in [0, 0.1) is 6.92 Å². The third kappa shape index (κ3) is 4.28. The zero-order valence-electron chi connectivity index (χ0n) is 14.1. The van der Waals surface area contributed by atoms with E-state index in [-0.39, 0.29) is 10.8 Å². The summed E-state index contributed by atoms with van der Waals surface area (Å²) >= 11 is 6.10. The zero-order chi connectivity index (χ0) is 19.6. The van der Waals surface area contributed by atoms with Crippen molar-refractivity contribution in [3.8, 4) is 5.82 Å². The van der Waals surface area contributed by atoms with Gasteiger partial charge in [0, 0.05) is 12.7 Å². The topological polar surface area (TPSA) is 59.8 Å². The van der Waals surface area contributed by atoms with Gasteiger partial charge in [0.1, 0.15) is 5.02 Å². The van der Waals surface area contributed by atoms with Crippen LogP contribution in [0.1, 0.15) is 16.7 Å². The maximum Gasteiger partial charge on any atom is 0.417 e. The van der Waals surface area contributed by atoms with Crippen LogP contribution in [0.15, 0.2) is 53.6 Å². The van der Waals surface area contributed by atoms with Crippen LogP contribution in [0.4, 0.5) is 18.9 Å². The molecule has 0 saturated carbocycles. The predicted octanol–water partition coefficient (Wildman–Crippen LogP) is 4.22. The number of aryl methyl sites for hydroxylation is 1. The zero-order valence-corrected chi connectivity index (χ0v) is 14.8. The molecule has 0 spiro atoms. The average molecular weight is 395 g/mol. The first-order valence-electron chi connectivity index (χ1n) is 7.86. The van der Waals surface area contributed by atoms with Gasteiger partial charge in [-0.05, 0) is 24.6 Å². The number of benzene rings is 1. The highest BCUT2D eigenvalue weighted by Crippen LogP contribution is 2.28. The lowest BCUT2D eigenvalue weighted by atomic mass is 10.1. The summed E-state index contributed by atoms with van der Waals surface area (Å²) in [5.41, 5.74) is 0.848. The maximum absolute atomic E-state index is 12.6. The molecular formula is C18H14ClF3N4O. The number of hydrogen-bond donors (Lipinski definition) is 1. The Balaban J connectivity index is 1.82. The minimum atomic E-state index is -4.51. The summed E-state index contributed by atoms with van der Waals surface area (Å²) in [6, 6.07) is 9.70. The Kier molecular flexibility index (Phi) is 5.18. The number of hydrogen-bond acceptors (Lipinski definition) is 4. The van der Waals surface area contributed by atoms with Crippen molar-refractivity contribution in [2.45, 2.75) is 19.6 Å². The number of anilines is 1. The normalized spacial score (nSPS) is 11.4. The van der Waals surface area contributed by atoms with Gasteiger partial charge >= 0.3 is 6.18 Å². The average Bonchev–Trinajstić information content (AvgIpc) is 2.64. The van der Waals surface area contributed by atoms with E-state index >= 15 is 0 Å². The van der Waals surface area contributed by atoms with E-state index in [1.807, 2.05) is 31.2 Å². The molecule has 0 unspecified atom stereocenters. The molecule has 0 amide bonds. The Hall–Kier alpha value is -2.87. The lowest BCUT2D eigenvalue weighted by molar-refractivity contribution is -0.137. The highest BCUT2D eigenvalue weighted by Gasteiger charge is 2.30. The molecule has 140 valence electrons. The minimum absolute atomic E-state index is 0.0556. The summed E-state index contributed by atoms with van der Waals surface area (Å²) in [6.45, 7) is 2.41. The fraction of sp³-hybridized carbons (Fsp3) is 0.167. The van der Waals surface area contributed by atoms with E-state index in [9.17, 15) is 18.0 Å². The molecule has 3 aromatic rings. The molecule has 0 aliphatic heterocycles. The Morgan fingerprint density at radius 3 is 2.41 bits per heavy atom. The van der Waals surface area contributed by atoms with Gasteiger partial charge in [-0.15, -0.1) is 0 Å². The van der Waals surface area contributed by atoms with E-state index in [0.29, 0.717) is 18.4 Å². The number of rotatable bonds is 4. The molecule has 0 bridgehead atoms. The van der Waals surface area contributed by atoms with Gasteiger partial charge in [0.15, 0.2) is 5.82 Å². The monoisotopic (exact) mass is 394 g/mol. The second-order valence-corrected chi connectivity index (χ2v) is 6.21. The number of pyridine rings is 1. The van der Waals surface area contributed by atoms with Crippen molar-refractivity contribution in [3.05, 3.63) is 80.9 Å². The van der Waals surface area contributed by atoms with Crippen LogP contribution in [-0.2, 0) is 12.7 Å². The smallest absolute Gasteiger partial charge is 0.378 e. The maximum atomic E-state index is 12.6. The molecule has 0 saturated heterocycles. The Morgan fingerprint density at radius 2 is 1.81 bits per heavy atom. The Labute approximate surface area is 157 Å². The quantitative estimate of drug-likeness (QED) is 0.719. The molecule has 0 radical (unpaired) electrons. The van der Waals surface area contributed by atoms with E-state index in [4.69, 9.17) is 11.6 Å². The first-order chi connectivity index (χ1) is 12.8. The molecule has 1 N–H and O–H groups in total. The van der Waals surface area contributed by atoms with Gasteiger partial charge in [0.25, 0.3) is 5.56 Å². The molecule has 5 nitrogen and oxygen atoms in total. The van der Waals surface area contributed by atoms with Gasteiger partial charge in [0.05, 0.1) is 17.4 Å². The highest BCUT2D eigenvalue weighted by molar-refractivity contribution is 6.32. The second-order valence-electron chi connectivity index (χ2n) is 5.83. The van der Waals surface area contributed by atoms with Crippen LogP contribution in [0.2, 0.25) is 5.02 Å². The molecule has 27 heavy (non-hydrogen) atoms. The summed E-state index contributed by atoms with van der Waals surface area (Å²) < 4.78 is 38.7. The summed E-state index contributed by atoms with van der Waals surface area (Å²) in [7, 11) is 0. The standard InChI is InChI=1S/C18H14ClF3N4O/c1-11-2-4-12(5-3-11)8-23-14-10-25-26(17(27)16(14)19)15-7-6-13(9-24-15)18(20,21)22/h2-7,9-10,23H,8H2,1H3. The fourth-order valence-electron chi connectivity index (χ4n) is 2.30. The molecule has 0 fully saturated rings. The van der Waals surface area contributed by atoms with Crippen LogP contribution >= 0.6 is 11.6 Å². The van der Waals surface area contributed by atoms with Crippen LogP contribution in [-0.4, -0.2) is 14.8 Å². The van der Waals surface area contributed by atoms with Gasteiger partial charge < -0.3 is 5.32 Å². The van der Waals surface area contributed by atoms with Gasteiger partial charge in [-0.1, -0.05) is 41.4 Å². The number of aromatic nitrogens is 3. The largest absolute Gasteiger partial charge is 0.417 e. The molecule has 2 heterocycles. The minimum Gasteiger partial charge on any atom is -0.378 e. The SMILES string of the molecule is Cc1ccc(CNc2cnn(-c3ccc(C(F)(F)F)cn3)c(=O)c2Cl)cc1. The Morgan fingerprint density at radius 1 is 1.11 bits per heavy atom. The third-order valence-corrected chi connectivity index (χ3v) is 4.18. The van der Waals surface area contributed by atoms with Gasteiger partial charge in [-0.3, -0.25) is 4.79 Å². The molecule has 0 aliphatic rings. The van der Waals surface area contributed by atoms with Crippen molar-refractivity contribution >= 4 is 17.3 Å². The van der Waals surface area contributed by atoms with E-state index in [2.05, 4.69) is 15.4 Å². The van der Waals surface area contributed by atoms with Crippen molar-refractivity contribution in [2.75, 3.05) is 5.32 Å². The number of nitrogens with one attached hydrogen (secondary N) is 1. The highest BCUT2D eigenvalue weighted by atomic mass is 35.5. The molecule has 0 aliphatic carbocycles. The lowest BCUT2D eigenvalue weighted by Gasteiger charge is -2.11. The predicted molar refractivity (Wildman–Crippen MR) is 96.1 cm³/mol. The van der Waals surface area contributed by atoms with Crippen molar-refractivity contribution in [3.63, 3.8) is 0 Å². The molecule has 1 aromatic carbocycles. The summed E-state index contributed by atoms with van der Waals surface area (Å²) in [5.74, 6) is -0.0556. The first kappa shape index (κ1) is 18.9. The van der Waals surface area contributed by atoms with E-state index < -0.39 is 17.3 Å². The summed E-state index contributed by atoms with van der Waals surface area (Å²) in [6.07, 6.45) is -2.54. The van der Waals surface area contributed by atoms with Crippen molar-refractivity contribution in [2.24, 2.45) is 0 Å². The van der Waals surface area contributed by atoms with E-state index in [1.165, 1.54) is 6.20 Å². The van der Waals surface area contributed by atoms with Gasteiger partial charge in [-0.2, -0.15) is 23.0 Å². The van der Waals surface area contributed by atoms with Crippen molar-refractivity contribution in [1.82, 2.24) is 14.8 Å². The molecule has 9 heteroatoms. The van der Waals surface area contributed by atoms with Gasteiger partial charge in [0.2, 0.25) is 0 Å².